The van der Waals surface area contributed by atoms with Crippen molar-refractivity contribution < 1.29 is 17.9 Å². The number of hydrogen-bond donors (Lipinski definition) is 1. The zero-order valence-electron chi connectivity index (χ0n) is 16.6. The first-order valence-electron chi connectivity index (χ1n) is 10.1. The maximum Gasteiger partial charge on any atom is 0.433 e. The number of alkyl halides is 3. The van der Waals surface area contributed by atoms with Crippen LogP contribution in [-0.4, -0.2) is 65.3 Å². The van der Waals surface area contributed by atoms with Crippen LogP contribution in [0.25, 0.3) is 0 Å². The highest BCUT2D eigenvalue weighted by molar-refractivity contribution is 5.42. The summed E-state index contributed by atoms with van der Waals surface area (Å²) < 4.78 is 43.4. The Kier molecular flexibility index (Phi) is 6.33. The van der Waals surface area contributed by atoms with Gasteiger partial charge >= 0.3 is 6.18 Å². The number of pyridine rings is 1. The molecule has 0 amide bonds. The van der Waals surface area contributed by atoms with Crippen LogP contribution in [0.1, 0.15) is 24.1 Å². The van der Waals surface area contributed by atoms with Gasteiger partial charge in [0.1, 0.15) is 11.5 Å². The number of nitrogens with zero attached hydrogens (tertiary/aromatic N) is 5. The molecule has 0 spiro atoms. The van der Waals surface area contributed by atoms with Gasteiger partial charge in [0.2, 0.25) is 5.95 Å². The topological polar surface area (TPSA) is 66.4 Å². The van der Waals surface area contributed by atoms with E-state index in [2.05, 4.69) is 30.1 Å². The summed E-state index contributed by atoms with van der Waals surface area (Å²) in [7, 11) is 0. The lowest BCUT2D eigenvalue weighted by molar-refractivity contribution is -0.141. The number of ether oxygens (including phenoxy) is 1. The summed E-state index contributed by atoms with van der Waals surface area (Å²) >= 11 is 0. The minimum absolute atomic E-state index is 0.216. The molecule has 0 bridgehead atoms. The van der Waals surface area contributed by atoms with Crippen LogP contribution in [-0.2, 0) is 17.5 Å². The monoisotopic (exact) mass is 422 g/mol. The summed E-state index contributed by atoms with van der Waals surface area (Å²) in [6, 6.07) is 4.63. The molecular formula is C20H25F3N6O. The molecule has 1 N–H and O–H groups in total. The number of hydrogen-bond acceptors (Lipinski definition) is 7. The third kappa shape index (κ3) is 5.37. The van der Waals surface area contributed by atoms with E-state index < -0.39 is 11.9 Å². The predicted octanol–water partition coefficient (Wildman–Crippen LogP) is 2.80. The van der Waals surface area contributed by atoms with Gasteiger partial charge in [-0.3, -0.25) is 9.88 Å². The van der Waals surface area contributed by atoms with Crippen LogP contribution >= 0.6 is 0 Å². The maximum atomic E-state index is 12.7. The Morgan fingerprint density at radius 1 is 1.10 bits per heavy atom. The van der Waals surface area contributed by atoms with Crippen molar-refractivity contribution in [2.75, 3.05) is 49.6 Å². The van der Waals surface area contributed by atoms with Crippen molar-refractivity contribution in [2.45, 2.75) is 31.6 Å². The number of aromatic nitrogens is 3. The Balaban J connectivity index is 1.34. The maximum absolute atomic E-state index is 12.7. The molecule has 2 saturated heterocycles. The average Bonchev–Trinajstić information content (AvgIpc) is 2.75. The van der Waals surface area contributed by atoms with E-state index in [9.17, 15) is 13.2 Å². The van der Waals surface area contributed by atoms with Crippen LogP contribution < -0.4 is 10.2 Å². The lowest BCUT2D eigenvalue weighted by Crippen LogP contribution is -2.42. The normalized spacial score (nSPS) is 20.9. The molecule has 1 unspecified atom stereocenters. The molecule has 10 heteroatoms. The lowest BCUT2D eigenvalue weighted by atomic mass is 10.0. The predicted molar refractivity (Wildman–Crippen MR) is 106 cm³/mol. The second-order valence-electron chi connectivity index (χ2n) is 7.61. The van der Waals surface area contributed by atoms with E-state index in [0.29, 0.717) is 25.7 Å². The summed E-state index contributed by atoms with van der Waals surface area (Å²) in [5, 5.41) is 3.49. The van der Waals surface area contributed by atoms with Crippen LogP contribution in [0.3, 0.4) is 0 Å². The molecule has 0 saturated carbocycles. The van der Waals surface area contributed by atoms with E-state index in [4.69, 9.17) is 4.74 Å². The van der Waals surface area contributed by atoms with Crippen LogP contribution in [0, 0.1) is 0 Å². The van der Waals surface area contributed by atoms with Gasteiger partial charge in [-0.25, -0.2) is 4.98 Å². The standard InChI is InChI=1S/C20H25F3N6O/c21-20(22,23)17-4-3-15(12-25-17)13-28-7-1-2-16(14-28)26-18-5-6-24-19(27-18)29-8-10-30-11-9-29/h3-6,12,16H,1-2,7-11,13-14H2,(H,24,26,27). The third-order valence-electron chi connectivity index (χ3n) is 5.32. The number of likely N-dealkylation sites (tertiary alicyclic amines) is 1. The van der Waals surface area contributed by atoms with Crippen molar-refractivity contribution in [1.29, 1.82) is 0 Å². The van der Waals surface area contributed by atoms with Gasteiger partial charge < -0.3 is 15.0 Å². The number of nitrogens with one attached hydrogen (secondary N) is 1. The molecule has 2 aromatic heterocycles. The third-order valence-corrected chi connectivity index (χ3v) is 5.32. The Labute approximate surface area is 173 Å². The molecule has 2 aliphatic heterocycles. The van der Waals surface area contributed by atoms with Crippen LogP contribution in [0.4, 0.5) is 24.9 Å². The Hall–Kier alpha value is -2.46. The largest absolute Gasteiger partial charge is 0.433 e. The van der Waals surface area contributed by atoms with Gasteiger partial charge in [-0.15, -0.1) is 0 Å². The van der Waals surface area contributed by atoms with E-state index in [0.717, 1.165) is 56.5 Å². The van der Waals surface area contributed by atoms with Gasteiger partial charge in [0, 0.05) is 44.6 Å². The van der Waals surface area contributed by atoms with E-state index in [-0.39, 0.29) is 6.04 Å². The fourth-order valence-electron chi connectivity index (χ4n) is 3.81. The number of morpholine rings is 1. The molecule has 0 aromatic carbocycles. The number of piperidine rings is 1. The van der Waals surface area contributed by atoms with Gasteiger partial charge in [0.25, 0.3) is 0 Å². The number of rotatable bonds is 5. The molecular weight excluding hydrogens is 397 g/mol. The highest BCUT2D eigenvalue weighted by Crippen LogP contribution is 2.27. The van der Waals surface area contributed by atoms with E-state index in [1.165, 1.54) is 12.3 Å². The van der Waals surface area contributed by atoms with Crippen molar-refractivity contribution in [3.05, 3.63) is 41.9 Å². The number of anilines is 2. The van der Waals surface area contributed by atoms with Gasteiger partial charge in [-0.05, 0) is 37.1 Å². The molecule has 1 atom stereocenters. The molecule has 2 fully saturated rings. The molecule has 2 aromatic rings. The highest BCUT2D eigenvalue weighted by Gasteiger charge is 2.32. The molecule has 2 aliphatic rings. The van der Waals surface area contributed by atoms with Crippen molar-refractivity contribution >= 4 is 11.8 Å². The quantitative estimate of drug-likeness (QED) is 0.795. The molecule has 4 heterocycles. The number of halogens is 3. The molecule has 4 rings (SSSR count). The minimum Gasteiger partial charge on any atom is -0.378 e. The Bertz CT molecular complexity index is 826. The van der Waals surface area contributed by atoms with Crippen molar-refractivity contribution in [1.82, 2.24) is 19.9 Å². The molecule has 30 heavy (non-hydrogen) atoms. The van der Waals surface area contributed by atoms with E-state index >= 15 is 0 Å². The van der Waals surface area contributed by atoms with Crippen molar-refractivity contribution in [3.63, 3.8) is 0 Å². The fraction of sp³-hybridized carbons (Fsp3) is 0.550. The smallest absolute Gasteiger partial charge is 0.378 e. The summed E-state index contributed by atoms with van der Waals surface area (Å²) in [6.07, 6.45) is 0.690. The minimum atomic E-state index is -4.41. The summed E-state index contributed by atoms with van der Waals surface area (Å²) in [4.78, 5) is 16.9. The van der Waals surface area contributed by atoms with E-state index in [1.54, 1.807) is 6.20 Å². The first kappa shape index (κ1) is 20.8. The molecule has 7 nitrogen and oxygen atoms in total. The Morgan fingerprint density at radius 3 is 2.67 bits per heavy atom. The van der Waals surface area contributed by atoms with Gasteiger partial charge in [0.15, 0.2) is 0 Å². The molecule has 162 valence electrons. The van der Waals surface area contributed by atoms with Crippen LogP contribution in [0.5, 0.6) is 0 Å². The first-order valence-corrected chi connectivity index (χ1v) is 10.1. The second kappa shape index (κ2) is 9.13. The zero-order valence-corrected chi connectivity index (χ0v) is 16.6. The molecule has 0 radical (unpaired) electrons. The Morgan fingerprint density at radius 2 is 1.93 bits per heavy atom. The average molecular weight is 422 g/mol. The van der Waals surface area contributed by atoms with E-state index in [1.807, 2.05) is 6.07 Å². The summed E-state index contributed by atoms with van der Waals surface area (Å²) in [5.41, 5.74) is -0.0791. The van der Waals surface area contributed by atoms with Gasteiger partial charge in [0.05, 0.1) is 13.2 Å². The SMILES string of the molecule is FC(F)(F)c1ccc(CN2CCCC(Nc3ccnc(N4CCOCC4)n3)C2)cn1. The fourth-order valence-corrected chi connectivity index (χ4v) is 3.81. The van der Waals surface area contributed by atoms with Crippen molar-refractivity contribution in [3.8, 4) is 0 Å². The zero-order chi connectivity index (χ0) is 21.0. The summed E-state index contributed by atoms with van der Waals surface area (Å²) in [6.45, 7) is 5.19. The first-order chi connectivity index (χ1) is 14.5. The molecule has 0 aliphatic carbocycles. The van der Waals surface area contributed by atoms with Gasteiger partial charge in [-0.2, -0.15) is 18.2 Å². The second-order valence-corrected chi connectivity index (χ2v) is 7.61. The van der Waals surface area contributed by atoms with Crippen molar-refractivity contribution in [2.24, 2.45) is 0 Å². The van der Waals surface area contributed by atoms with Gasteiger partial charge in [-0.1, -0.05) is 6.07 Å². The highest BCUT2D eigenvalue weighted by atomic mass is 19.4. The van der Waals surface area contributed by atoms with Crippen LogP contribution in [0.15, 0.2) is 30.6 Å². The van der Waals surface area contributed by atoms with Crippen LogP contribution in [0.2, 0.25) is 0 Å². The summed E-state index contributed by atoms with van der Waals surface area (Å²) in [5.74, 6) is 1.49. The lowest BCUT2D eigenvalue weighted by Gasteiger charge is -2.33.